The lowest BCUT2D eigenvalue weighted by Crippen LogP contribution is -2.29. The second kappa shape index (κ2) is 4.37. The van der Waals surface area contributed by atoms with Crippen molar-refractivity contribution in [2.24, 2.45) is 5.92 Å². The van der Waals surface area contributed by atoms with Crippen molar-refractivity contribution in [2.45, 2.75) is 38.4 Å². The molecule has 0 saturated carbocycles. The highest BCUT2D eigenvalue weighted by Crippen LogP contribution is 2.38. The van der Waals surface area contributed by atoms with Crippen LogP contribution in [-0.2, 0) is 19.1 Å². The Morgan fingerprint density at radius 2 is 2.05 bits per heavy atom. The van der Waals surface area contributed by atoms with Crippen LogP contribution in [0.3, 0.4) is 0 Å². The molecule has 100 valence electrons. The average molecular weight is 260 g/mol. The maximum Gasteiger partial charge on any atom is 0.334 e. The van der Waals surface area contributed by atoms with Crippen molar-refractivity contribution in [3.05, 3.63) is 35.5 Å². The number of carbonyl (C=O) groups excluding carboxylic acids is 2. The molecule has 2 heterocycles. The molecular formula is C15H16O4. The summed E-state index contributed by atoms with van der Waals surface area (Å²) in [6.07, 6.45) is 5.42. The van der Waals surface area contributed by atoms with Crippen LogP contribution in [-0.4, -0.2) is 24.1 Å². The third-order valence-electron chi connectivity index (χ3n) is 3.98. The molecule has 1 aliphatic carbocycles. The predicted octanol–water partition coefficient (Wildman–Crippen LogP) is 2.07. The van der Waals surface area contributed by atoms with E-state index in [2.05, 4.69) is 12.7 Å². The summed E-state index contributed by atoms with van der Waals surface area (Å²) in [5.74, 6) is -0.904. The zero-order valence-corrected chi connectivity index (χ0v) is 10.8. The summed E-state index contributed by atoms with van der Waals surface area (Å²) in [7, 11) is 0. The second-order valence-corrected chi connectivity index (χ2v) is 5.35. The van der Waals surface area contributed by atoms with Crippen LogP contribution in [0, 0.1) is 5.92 Å². The summed E-state index contributed by atoms with van der Waals surface area (Å²) in [6, 6.07) is 0. The first-order valence-electron chi connectivity index (χ1n) is 6.53. The molecule has 2 bridgehead atoms. The lowest BCUT2D eigenvalue weighted by atomic mass is 9.86. The van der Waals surface area contributed by atoms with Crippen molar-refractivity contribution in [3.63, 3.8) is 0 Å². The molecule has 1 fully saturated rings. The van der Waals surface area contributed by atoms with E-state index in [-0.39, 0.29) is 24.0 Å². The minimum absolute atomic E-state index is 0.254. The highest BCUT2D eigenvalue weighted by Gasteiger charge is 2.46. The van der Waals surface area contributed by atoms with Crippen LogP contribution in [0.2, 0.25) is 0 Å². The van der Waals surface area contributed by atoms with E-state index in [0.717, 1.165) is 6.42 Å². The first-order chi connectivity index (χ1) is 9.06. The van der Waals surface area contributed by atoms with Crippen molar-refractivity contribution in [1.29, 1.82) is 0 Å². The Balaban J connectivity index is 1.98. The van der Waals surface area contributed by atoms with Crippen molar-refractivity contribution in [2.75, 3.05) is 0 Å². The van der Waals surface area contributed by atoms with E-state index in [4.69, 9.17) is 9.47 Å². The molecule has 0 aromatic carbocycles. The Kier molecular flexibility index (Phi) is 2.81. The van der Waals surface area contributed by atoms with Gasteiger partial charge in [0.15, 0.2) is 0 Å². The summed E-state index contributed by atoms with van der Waals surface area (Å²) >= 11 is 0. The van der Waals surface area contributed by atoms with Crippen LogP contribution in [0.25, 0.3) is 0 Å². The van der Waals surface area contributed by atoms with Gasteiger partial charge < -0.3 is 9.47 Å². The molecular weight excluding hydrogens is 244 g/mol. The second-order valence-electron chi connectivity index (χ2n) is 5.35. The number of hydrogen-bond acceptors (Lipinski definition) is 4. The van der Waals surface area contributed by atoms with Crippen LogP contribution in [0.4, 0.5) is 0 Å². The summed E-state index contributed by atoms with van der Waals surface area (Å²) in [5, 5.41) is 0. The van der Waals surface area contributed by atoms with E-state index in [1.807, 2.05) is 13.0 Å². The molecule has 0 spiro atoms. The van der Waals surface area contributed by atoms with Crippen LogP contribution < -0.4 is 0 Å². The Morgan fingerprint density at radius 3 is 2.84 bits per heavy atom. The Morgan fingerprint density at radius 1 is 1.26 bits per heavy atom. The summed E-state index contributed by atoms with van der Waals surface area (Å²) in [5.41, 5.74) is 2.28. The Bertz CT molecular complexity index is 526. The van der Waals surface area contributed by atoms with E-state index < -0.39 is 6.10 Å². The SMILES string of the molecule is C=C1C(=O)O[C@H]2C/C(C)=C/CCC3=C[C@@H](OC3=O)[C@H]12. The molecule has 0 N–H and O–H groups in total. The summed E-state index contributed by atoms with van der Waals surface area (Å²) in [4.78, 5) is 23.5. The van der Waals surface area contributed by atoms with Gasteiger partial charge in [-0.15, -0.1) is 0 Å². The number of fused-ring (bicyclic) bond motifs is 3. The standard InChI is InChI=1S/C15H16O4/c1-8-4-3-5-10-7-12(19-15(10)17)13-9(2)14(16)18-11(13)6-8/h4,7,11-13H,2-3,5-6H2,1H3/b8-4+/t11-,12+,13+/m0/s1. The smallest absolute Gasteiger partial charge is 0.334 e. The third kappa shape index (κ3) is 2.01. The normalized spacial score (nSPS) is 36.9. The van der Waals surface area contributed by atoms with Gasteiger partial charge in [-0.2, -0.15) is 0 Å². The quantitative estimate of drug-likeness (QED) is 0.380. The molecule has 3 rings (SSSR count). The number of esters is 2. The van der Waals surface area contributed by atoms with Crippen LogP contribution in [0.1, 0.15) is 26.2 Å². The van der Waals surface area contributed by atoms with E-state index in [1.54, 1.807) is 0 Å². The molecule has 4 heteroatoms. The number of rotatable bonds is 0. The molecule has 3 aliphatic rings. The van der Waals surface area contributed by atoms with Gasteiger partial charge in [0.25, 0.3) is 0 Å². The number of allylic oxidation sites excluding steroid dienone is 1. The van der Waals surface area contributed by atoms with Gasteiger partial charge in [0.05, 0.1) is 5.92 Å². The zero-order chi connectivity index (χ0) is 13.6. The molecule has 0 aromatic rings. The molecule has 0 aromatic heterocycles. The van der Waals surface area contributed by atoms with Crippen molar-refractivity contribution < 1.29 is 19.1 Å². The van der Waals surface area contributed by atoms with Crippen molar-refractivity contribution in [1.82, 2.24) is 0 Å². The van der Waals surface area contributed by atoms with Gasteiger partial charge in [0, 0.05) is 17.6 Å². The van der Waals surface area contributed by atoms with Gasteiger partial charge in [0.1, 0.15) is 12.2 Å². The highest BCUT2D eigenvalue weighted by atomic mass is 16.6. The van der Waals surface area contributed by atoms with Gasteiger partial charge in [0.2, 0.25) is 0 Å². The van der Waals surface area contributed by atoms with Crippen molar-refractivity contribution >= 4 is 11.9 Å². The predicted molar refractivity (Wildman–Crippen MR) is 68.1 cm³/mol. The largest absolute Gasteiger partial charge is 0.458 e. The van der Waals surface area contributed by atoms with Gasteiger partial charge in [-0.3, -0.25) is 0 Å². The third-order valence-corrected chi connectivity index (χ3v) is 3.98. The number of ether oxygens (including phenoxy) is 2. The Labute approximate surface area is 111 Å². The van der Waals surface area contributed by atoms with E-state index >= 15 is 0 Å². The fourth-order valence-electron chi connectivity index (χ4n) is 2.96. The highest BCUT2D eigenvalue weighted by molar-refractivity contribution is 5.93. The van der Waals surface area contributed by atoms with Crippen LogP contribution >= 0.6 is 0 Å². The molecule has 1 saturated heterocycles. The molecule has 0 radical (unpaired) electrons. The lowest BCUT2D eigenvalue weighted by molar-refractivity contribution is -0.142. The van der Waals surface area contributed by atoms with E-state index in [1.165, 1.54) is 5.57 Å². The van der Waals surface area contributed by atoms with Crippen LogP contribution in [0.15, 0.2) is 35.5 Å². The van der Waals surface area contributed by atoms with Gasteiger partial charge >= 0.3 is 11.9 Å². The monoisotopic (exact) mass is 260 g/mol. The fraction of sp³-hybridized carbons (Fsp3) is 0.467. The molecule has 19 heavy (non-hydrogen) atoms. The molecule has 2 aliphatic heterocycles. The Hall–Kier alpha value is -1.84. The van der Waals surface area contributed by atoms with Gasteiger partial charge in [-0.25, -0.2) is 9.59 Å². The molecule has 4 nitrogen and oxygen atoms in total. The molecule has 0 amide bonds. The summed E-state index contributed by atoms with van der Waals surface area (Å²) < 4.78 is 10.7. The summed E-state index contributed by atoms with van der Waals surface area (Å²) in [6.45, 7) is 5.82. The maximum absolute atomic E-state index is 11.8. The van der Waals surface area contributed by atoms with E-state index in [9.17, 15) is 9.59 Å². The first-order valence-corrected chi connectivity index (χ1v) is 6.53. The molecule has 0 unspecified atom stereocenters. The zero-order valence-electron chi connectivity index (χ0n) is 10.8. The maximum atomic E-state index is 11.8. The fourth-order valence-corrected chi connectivity index (χ4v) is 2.96. The number of hydrogen-bond donors (Lipinski definition) is 0. The lowest BCUT2D eigenvalue weighted by Gasteiger charge is -2.22. The average Bonchev–Trinajstić information content (AvgIpc) is 2.81. The van der Waals surface area contributed by atoms with E-state index in [0.29, 0.717) is 24.0 Å². The van der Waals surface area contributed by atoms with Crippen molar-refractivity contribution in [3.8, 4) is 0 Å². The minimum atomic E-state index is -0.405. The minimum Gasteiger partial charge on any atom is -0.458 e. The first kappa shape index (κ1) is 12.2. The topological polar surface area (TPSA) is 52.6 Å². The van der Waals surface area contributed by atoms with Gasteiger partial charge in [-0.05, 0) is 25.8 Å². The van der Waals surface area contributed by atoms with Gasteiger partial charge in [-0.1, -0.05) is 18.2 Å². The molecule has 3 atom stereocenters. The number of carbonyl (C=O) groups is 2. The van der Waals surface area contributed by atoms with Crippen LogP contribution in [0.5, 0.6) is 0 Å².